The number of benzene rings is 1. The first-order valence-electron chi connectivity index (χ1n) is 8.71. The number of rotatable bonds is 3. The Kier molecular flexibility index (Phi) is 3.81. The zero-order valence-electron chi connectivity index (χ0n) is 14.0. The molecule has 0 radical (unpaired) electrons. The summed E-state index contributed by atoms with van der Waals surface area (Å²) in [5, 5.41) is 3.26. The number of hydrogen-bond acceptors (Lipinski definition) is 3. The number of anilines is 1. The molecule has 2 bridgehead atoms. The maximum absolute atomic E-state index is 12.7. The fraction of sp³-hybridized carbons (Fsp3) is 0.421. The molecule has 3 aliphatic heterocycles. The third-order valence-corrected chi connectivity index (χ3v) is 5.60. The van der Waals surface area contributed by atoms with Crippen LogP contribution in [0, 0.1) is 5.92 Å². The lowest BCUT2D eigenvalue weighted by Crippen LogP contribution is -2.62. The van der Waals surface area contributed by atoms with Crippen LogP contribution in [0.5, 0.6) is 0 Å². The van der Waals surface area contributed by atoms with Gasteiger partial charge in [-0.15, -0.1) is 0 Å². The van der Waals surface area contributed by atoms with Crippen LogP contribution in [-0.2, 0) is 0 Å². The summed E-state index contributed by atoms with van der Waals surface area (Å²) in [6.07, 6.45) is 2.38. The molecule has 0 saturated carbocycles. The molecule has 0 spiro atoms. The number of aromatic nitrogens is 1. The van der Waals surface area contributed by atoms with E-state index in [0.29, 0.717) is 23.3 Å². The highest BCUT2D eigenvalue weighted by atomic mass is 16.2. The smallest absolute Gasteiger partial charge is 0.267 e. The van der Waals surface area contributed by atoms with Crippen molar-refractivity contribution in [1.82, 2.24) is 15.2 Å². The second kappa shape index (κ2) is 5.98. The fourth-order valence-electron chi connectivity index (χ4n) is 4.18. The van der Waals surface area contributed by atoms with Crippen LogP contribution in [0.4, 0.5) is 5.69 Å². The molecule has 126 valence electrons. The Balaban J connectivity index is 1.49. The van der Waals surface area contributed by atoms with Gasteiger partial charge >= 0.3 is 0 Å². The second-order valence-corrected chi connectivity index (χ2v) is 7.02. The number of amides is 1. The molecule has 5 heteroatoms. The van der Waals surface area contributed by atoms with E-state index in [1.807, 2.05) is 36.4 Å². The summed E-state index contributed by atoms with van der Waals surface area (Å²) >= 11 is 0. The molecule has 24 heavy (non-hydrogen) atoms. The number of nitrogens with zero attached hydrogens (tertiary/aromatic N) is 1. The number of nitrogens with one attached hydrogen (secondary N) is 2. The molecule has 1 amide bonds. The molecular formula is C19H24N4O. The van der Waals surface area contributed by atoms with Gasteiger partial charge in [0.15, 0.2) is 0 Å². The maximum Gasteiger partial charge on any atom is 0.267 e. The summed E-state index contributed by atoms with van der Waals surface area (Å²) in [5.41, 5.74) is 9.07. The monoisotopic (exact) mass is 324 g/mol. The predicted molar refractivity (Wildman–Crippen MR) is 95.7 cm³/mol. The van der Waals surface area contributed by atoms with Crippen LogP contribution in [0.3, 0.4) is 0 Å². The minimum atomic E-state index is -0.0178. The molecule has 3 fully saturated rings. The molecule has 1 aromatic carbocycles. The third kappa shape index (κ3) is 2.69. The van der Waals surface area contributed by atoms with Crippen LogP contribution < -0.4 is 11.1 Å². The van der Waals surface area contributed by atoms with Gasteiger partial charge in [-0.2, -0.15) is 0 Å². The molecule has 4 N–H and O–H groups in total. The fourth-order valence-corrected chi connectivity index (χ4v) is 4.18. The topological polar surface area (TPSA) is 74.1 Å². The first-order chi connectivity index (χ1) is 11.6. The van der Waals surface area contributed by atoms with E-state index in [4.69, 9.17) is 5.73 Å². The van der Waals surface area contributed by atoms with Crippen LogP contribution in [0.25, 0.3) is 11.3 Å². The zero-order chi connectivity index (χ0) is 16.7. The van der Waals surface area contributed by atoms with Crippen molar-refractivity contribution in [3.8, 4) is 11.3 Å². The van der Waals surface area contributed by atoms with Crippen molar-refractivity contribution >= 4 is 11.6 Å². The standard InChI is InChI=1S/C19H24N4O/c1-12-18(13-7-9-23(12)10-8-13)22-19(24)17-6-5-16(21-17)14-3-2-4-15(20)11-14/h2-6,11-13,18,21H,7-10,20H2,1H3,(H,22,24)/t12-,18-/m0/s1. The van der Waals surface area contributed by atoms with Crippen LogP contribution >= 0.6 is 0 Å². The number of H-pyrrole nitrogens is 1. The van der Waals surface area contributed by atoms with Gasteiger partial charge in [-0.1, -0.05) is 12.1 Å². The molecule has 3 aliphatic rings. The average Bonchev–Trinajstić information content (AvgIpc) is 3.09. The van der Waals surface area contributed by atoms with E-state index in [1.165, 1.54) is 25.9 Å². The lowest BCUT2D eigenvalue weighted by atomic mass is 9.79. The Bertz CT molecular complexity index is 743. The van der Waals surface area contributed by atoms with Crippen LogP contribution in [0.15, 0.2) is 36.4 Å². The van der Waals surface area contributed by atoms with Crippen molar-refractivity contribution in [2.45, 2.75) is 31.8 Å². The lowest BCUT2D eigenvalue weighted by molar-refractivity contribution is 0.0216. The molecule has 3 saturated heterocycles. The molecule has 5 nitrogen and oxygen atoms in total. The number of hydrogen-bond donors (Lipinski definition) is 3. The summed E-state index contributed by atoms with van der Waals surface area (Å²) in [5.74, 6) is 0.591. The number of piperidine rings is 3. The van der Waals surface area contributed by atoms with Gasteiger partial charge < -0.3 is 16.0 Å². The Morgan fingerprint density at radius 2 is 2.04 bits per heavy atom. The normalized spacial score (nSPS) is 28.7. The molecule has 0 unspecified atom stereocenters. The Morgan fingerprint density at radius 1 is 1.25 bits per heavy atom. The van der Waals surface area contributed by atoms with Gasteiger partial charge in [-0.3, -0.25) is 9.69 Å². The molecule has 4 heterocycles. The van der Waals surface area contributed by atoms with Crippen LogP contribution in [-0.4, -0.2) is 41.0 Å². The van der Waals surface area contributed by atoms with Crippen molar-refractivity contribution in [2.75, 3.05) is 18.8 Å². The molecule has 5 rings (SSSR count). The minimum absolute atomic E-state index is 0.0178. The summed E-state index contributed by atoms with van der Waals surface area (Å²) in [7, 11) is 0. The first kappa shape index (κ1) is 15.3. The van der Waals surface area contributed by atoms with E-state index in [1.54, 1.807) is 0 Å². The molecule has 1 aromatic heterocycles. The van der Waals surface area contributed by atoms with E-state index in [-0.39, 0.29) is 11.9 Å². The number of aromatic amines is 1. The highest BCUT2D eigenvalue weighted by Gasteiger charge is 2.40. The number of carbonyl (C=O) groups is 1. The summed E-state index contributed by atoms with van der Waals surface area (Å²) in [6.45, 7) is 4.56. The maximum atomic E-state index is 12.7. The lowest BCUT2D eigenvalue weighted by Gasteiger charge is -2.49. The third-order valence-electron chi connectivity index (χ3n) is 5.60. The molecule has 2 aromatic rings. The van der Waals surface area contributed by atoms with Gasteiger partial charge in [0.2, 0.25) is 0 Å². The molecular weight excluding hydrogens is 300 g/mol. The summed E-state index contributed by atoms with van der Waals surface area (Å²) in [6, 6.07) is 12.1. The zero-order valence-corrected chi connectivity index (χ0v) is 14.0. The number of nitrogens with two attached hydrogens (primary N) is 1. The van der Waals surface area contributed by atoms with Crippen molar-refractivity contribution in [3.05, 3.63) is 42.1 Å². The predicted octanol–water partition coefficient (Wildman–Crippen LogP) is 2.48. The Hall–Kier alpha value is -2.27. The van der Waals surface area contributed by atoms with Gasteiger partial charge in [0.1, 0.15) is 5.69 Å². The Labute approximate surface area is 142 Å². The molecule has 2 atom stereocenters. The van der Waals surface area contributed by atoms with Crippen LogP contribution in [0.1, 0.15) is 30.3 Å². The van der Waals surface area contributed by atoms with E-state index < -0.39 is 0 Å². The van der Waals surface area contributed by atoms with Crippen molar-refractivity contribution in [1.29, 1.82) is 0 Å². The van der Waals surface area contributed by atoms with Crippen LogP contribution in [0.2, 0.25) is 0 Å². The highest BCUT2D eigenvalue weighted by Crippen LogP contribution is 2.32. The van der Waals surface area contributed by atoms with Gasteiger partial charge in [0.25, 0.3) is 5.91 Å². The van der Waals surface area contributed by atoms with Gasteiger partial charge in [-0.05, 0) is 68.6 Å². The molecule has 0 aliphatic carbocycles. The number of carbonyl (C=O) groups excluding carboxylic acids is 1. The average molecular weight is 324 g/mol. The van der Waals surface area contributed by atoms with Crippen molar-refractivity contribution in [3.63, 3.8) is 0 Å². The van der Waals surface area contributed by atoms with E-state index in [9.17, 15) is 4.79 Å². The largest absolute Gasteiger partial charge is 0.399 e. The van der Waals surface area contributed by atoms with Gasteiger partial charge in [-0.25, -0.2) is 0 Å². The SMILES string of the molecule is C[C@H]1[C@H](NC(=O)c2ccc(-c3cccc(N)c3)[nH]2)C2CCN1CC2. The quantitative estimate of drug-likeness (QED) is 0.759. The van der Waals surface area contributed by atoms with Crippen molar-refractivity contribution in [2.24, 2.45) is 5.92 Å². The van der Waals surface area contributed by atoms with E-state index in [0.717, 1.165) is 11.3 Å². The number of nitrogen functional groups attached to an aromatic ring is 1. The number of fused-ring (bicyclic) bond motifs is 3. The first-order valence-corrected chi connectivity index (χ1v) is 8.71. The highest BCUT2D eigenvalue weighted by molar-refractivity contribution is 5.93. The van der Waals surface area contributed by atoms with Crippen molar-refractivity contribution < 1.29 is 4.79 Å². The van der Waals surface area contributed by atoms with E-state index >= 15 is 0 Å². The van der Waals surface area contributed by atoms with E-state index in [2.05, 4.69) is 22.1 Å². The minimum Gasteiger partial charge on any atom is -0.399 e. The van der Waals surface area contributed by atoms with Gasteiger partial charge in [0, 0.05) is 23.5 Å². The summed E-state index contributed by atoms with van der Waals surface area (Å²) in [4.78, 5) is 18.4. The van der Waals surface area contributed by atoms with Gasteiger partial charge in [0.05, 0.1) is 0 Å². The Morgan fingerprint density at radius 3 is 2.75 bits per heavy atom. The second-order valence-electron chi connectivity index (χ2n) is 7.02. The summed E-state index contributed by atoms with van der Waals surface area (Å²) < 4.78 is 0.